The zero-order chi connectivity index (χ0) is 26.5. The number of nitrogens with one attached hydrogen (secondary N) is 1. The Morgan fingerprint density at radius 3 is 2.76 bits per heavy atom. The number of rotatable bonds is 7. The van der Waals surface area contributed by atoms with Crippen LogP contribution in [0.2, 0.25) is 0 Å². The summed E-state index contributed by atoms with van der Waals surface area (Å²) in [4.78, 5) is 17.9. The van der Waals surface area contributed by atoms with Crippen LogP contribution in [0.25, 0.3) is 22.6 Å². The fraction of sp³-hybridized carbons (Fsp3) is 0.250. The second-order valence-electron chi connectivity index (χ2n) is 7.88. The number of methoxy groups -OCH3 is 1. The largest absolute Gasteiger partial charge is 0.494 e. The molecule has 0 radical (unpaired) electrons. The lowest BCUT2D eigenvalue weighted by atomic mass is 10.00. The van der Waals surface area contributed by atoms with E-state index >= 15 is 0 Å². The number of allylic oxidation sites excluding steroid dienone is 1. The first-order chi connectivity index (χ1) is 17.8. The van der Waals surface area contributed by atoms with Crippen LogP contribution in [0, 0.1) is 29.6 Å². The van der Waals surface area contributed by atoms with Gasteiger partial charge in [-0.2, -0.15) is 5.10 Å². The van der Waals surface area contributed by atoms with Crippen molar-refractivity contribution < 1.29 is 22.8 Å². The van der Waals surface area contributed by atoms with Gasteiger partial charge in [-0.25, -0.2) is 8.78 Å². The first kappa shape index (κ1) is 25.8. The third kappa shape index (κ3) is 6.28. The predicted octanol–water partition coefficient (Wildman–Crippen LogP) is 4.86. The van der Waals surface area contributed by atoms with Crippen LogP contribution in [-0.2, 0) is 0 Å². The average molecular weight is 527 g/mol. The van der Waals surface area contributed by atoms with Crippen LogP contribution < -0.4 is 16.0 Å². The maximum atomic E-state index is 13.5. The third-order valence-corrected chi connectivity index (χ3v) is 5.88. The Hall–Kier alpha value is -4.31. The Morgan fingerprint density at radius 2 is 2.14 bits per heavy atom. The summed E-state index contributed by atoms with van der Waals surface area (Å²) in [5.41, 5.74) is 2.98. The molecule has 2 heterocycles. The van der Waals surface area contributed by atoms with Crippen molar-refractivity contribution in [2.75, 3.05) is 7.11 Å². The van der Waals surface area contributed by atoms with Gasteiger partial charge in [0.15, 0.2) is 4.87 Å². The van der Waals surface area contributed by atoms with Crippen LogP contribution in [-0.4, -0.2) is 32.3 Å². The number of alkyl halides is 2. The Balaban J connectivity index is 1.73. The molecule has 37 heavy (non-hydrogen) atoms. The van der Waals surface area contributed by atoms with E-state index in [1.165, 1.54) is 13.2 Å². The maximum Gasteiger partial charge on any atom is 0.300 e. The number of nitrogens with zero attached hydrogens (tertiary/aromatic N) is 5. The van der Waals surface area contributed by atoms with E-state index in [0.29, 0.717) is 27.1 Å². The van der Waals surface area contributed by atoms with Gasteiger partial charge in [-0.3, -0.25) is 4.98 Å². The molecule has 10 nitrogen and oxygen atoms in total. The summed E-state index contributed by atoms with van der Waals surface area (Å²) in [5, 5.41) is 11.4. The van der Waals surface area contributed by atoms with Crippen molar-refractivity contribution in [1.29, 1.82) is 0 Å². The monoisotopic (exact) mass is 526 g/mol. The Labute approximate surface area is 214 Å². The van der Waals surface area contributed by atoms with Crippen LogP contribution in [0.5, 0.6) is 5.75 Å². The molecule has 1 saturated carbocycles. The van der Waals surface area contributed by atoms with E-state index in [1.54, 1.807) is 19.1 Å². The van der Waals surface area contributed by atoms with Gasteiger partial charge in [-0.05, 0) is 42.8 Å². The van der Waals surface area contributed by atoms with Crippen LogP contribution in [0.3, 0.4) is 0 Å². The lowest BCUT2D eigenvalue weighted by Crippen LogP contribution is -2.29. The number of hydrazine groups is 1. The third-order valence-electron chi connectivity index (χ3n) is 5.14. The molecule has 0 saturated heterocycles. The summed E-state index contributed by atoms with van der Waals surface area (Å²) >= 11 is 0.993. The molecule has 3 aromatic rings. The van der Waals surface area contributed by atoms with Gasteiger partial charge in [0, 0.05) is 30.0 Å². The molecule has 1 aliphatic rings. The summed E-state index contributed by atoms with van der Waals surface area (Å²) in [7, 11) is 1.37. The fourth-order valence-corrected chi connectivity index (χ4v) is 3.73. The van der Waals surface area contributed by atoms with Gasteiger partial charge in [0.25, 0.3) is 12.1 Å². The molecule has 4 rings (SSSR count). The van der Waals surface area contributed by atoms with E-state index in [1.807, 2.05) is 0 Å². The SMILES string of the molecule is C=C(C#CC1CC1)S/C(=N\N)N[N+](=O)c1ccc(-c2nnc(C)o2)cc1-c1cc(C(F)F)ncc1OC. The minimum absolute atomic E-state index is 0.0302. The number of halogens is 2. The Bertz CT molecular complexity index is 1440. The highest BCUT2D eigenvalue weighted by Crippen LogP contribution is 2.39. The number of nitrogens with two attached hydrogens (primary N) is 1. The molecule has 2 aromatic heterocycles. The number of thioether (sulfide) groups is 1. The van der Waals surface area contributed by atoms with E-state index in [0.717, 1.165) is 36.9 Å². The van der Waals surface area contributed by atoms with Gasteiger partial charge < -0.3 is 15.0 Å². The number of hydrogen-bond donors (Lipinski definition) is 2. The molecule has 0 spiro atoms. The zero-order valence-corrected chi connectivity index (χ0v) is 20.7. The molecular weight excluding hydrogens is 504 g/mol. The van der Waals surface area contributed by atoms with E-state index in [-0.39, 0.29) is 33.6 Å². The average Bonchev–Trinajstić information content (AvgIpc) is 3.63. The summed E-state index contributed by atoms with van der Waals surface area (Å²) in [6, 6.07) is 5.74. The number of pyridine rings is 1. The maximum absolute atomic E-state index is 13.5. The second-order valence-corrected chi connectivity index (χ2v) is 8.96. The second kappa shape index (κ2) is 11.2. The van der Waals surface area contributed by atoms with Crippen LogP contribution >= 0.6 is 11.8 Å². The van der Waals surface area contributed by atoms with Gasteiger partial charge in [0.05, 0.1) is 28.7 Å². The number of benzene rings is 1. The number of aromatic nitrogens is 3. The molecule has 1 aromatic carbocycles. The molecule has 1 aliphatic carbocycles. The highest BCUT2D eigenvalue weighted by molar-refractivity contribution is 8.17. The molecule has 3 N–H and O–H groups in total. The molecule has 0 aliphatic heterocycles. The van der Waals surface area contributed by atoms with Crippen molar-refractivity contribution >= 4 is 22.6 Å². The molecule has 190 valence electrons. The quantitative estimate of drug-likeness (QED) is 0.111. The lowest BCUT2D eigenvalue weighted by molar-refractivity contribution is -0.507. The predicted molar refractivity (Wildman–Crippen MR) is 134 cm³/mol. The van der Waals surface area contributed by atoms with Gasteiger partial charge in [0.1, 0.15) is 11.4 Å². The Kier molecular flexibility index (Phi) is 7.78. The van der Waals surface area contributed by atoms with Crippen molar-refractivity contribution in [2.24, 2.45) is 16.9 Å². The number of amidine groups is 1. The molecule has 0 bridgehead atoms. The summed E-state index contributed by atoms with van der Waals surface area (Å²) < 4.78 is 37.8. The molecule has 0 amide bonds. The van der Waals surface area contributed by atoms with Gasteiger partial charge in [-0.1, -0.05) is 23.8 Å². The number of ether oxygens (including phenoxy) is 1. The van der Waals surface area contributed by atoms with Gasteiger partial charge in [-0.15, -0.1) is 10.2 Å². The minimum atomic E-state index is -2.84. The molecule has 13 heteroatoms. The lowest BCUT2D eigenvalue weighted by Gasteiger charge is -2.11. The highest BCUT2D eigenvalue weighted by atomic mass is 32.2. The van der Waals surface area contributed by atoms with Crippen molar-refractivity contribution in [3.05, 3.63) is 58.4 Å². The zero-order valence-electron chi connectivity index (χ0n) is 19.9. The Morgan fingerprint density at radius 1 is 1.35 bits per heavy atom. The van der Waals surface area contributed by atoms with E-state index in [9.17, 15) is 13.7 Å². The number of hydrazone groups is 1. The smallest absolute Gasteiger partial charge is 0.300 e. The fourth-order valence-electron chi connectivity index (χ4n) is 3.20. The van der Waals surface area contributed by atoms with Gasteiger partial charge >= 0.3 is 0 Å². The summed E-state index contributed by atoms with van der Waals surface area (Å²) in [6.07, 6.45) is 0.440. The highest BCUT2D eigenvalue weighted by Gasteiger charge is 2.28. The van der Waals surface area contributed by atoms with Crippen molar-refractivity contribution in [3.8, 4) is 40.2 Å². The number of nitroso groups, excluding NO2 is 1. The molecule has 0 unspecified atom stereocenters. The normalized spacial score (nSPS) is 13.2. The van der Waals surface area contributed by atoms with E-state index in [2.05, 4.69) is 44.1 Å². The van der Waals surface area contributed by atoms with Crippen LogP contribution in [0.1, 0.15) is 30.9 Å². The number of hydrogen-bond acceptors (Lipinski definition) is 9. The van der Waals surface area contributed by atoms with E-state index < -0.39 is 12.1 Å². The van der Waals surface area contributed by atoms with Crippen molar-refractivity contribution in [1.82, 2.24) is 20.6 Å². The number of aryl methyl sites for hydroxylation is 1. The van der Waals surface area contributed by atoms with E-state index in [4.69, 9.17) is 15.0 Å². The van der Waals surface area contributed by atoms with Gasteiger partial charge in [0.2, 0.25) is 16.9 Å². The van der Waals surface area contributed by atoms with Crippen molar-refractivity contribution in [2.45, 2.75) is 26.2 Å². The van der Waals surface area contributed by atoms with Crippen molar-refractivity contribution in [3.63, 3.8) is 0 Å². The molecule has 0 atom stereocenters. The standard InChI is InChI=1S/C24H22F2N7O3S/c1-13(4-5-15-6-7-15)37-24(29-27)32-33(34)20-9-8-16(23-31-30-14(2)36-23)10-17(20)18-11-19(22(25)26)28-12-21(18)35-3/h8-12,15,22H,1,6-7,27H2,2-3H3,(H,29,32,34)/q+1. The summed E-state index contributed by atoms with van der Waals surface area (Å²) in [6.45, 7) is 5.49. The summed E-state index contributed by atoms with van der Waals surface area (Å²) in [5.74, 6) is 12.5. The topological polar surface area (TPSA) is 132 Å². The minimum Gasteiger partial charge on any atom is -0.494 e. The molecular formula is C24H22F2N7O3S+. The van der Waals surface area contributed by atoms with Crippen LogP contribution in [0.4, 0.5) is 14.5 Å². The first-order valence-corrected chi connectivity index (χ1v) is 11.8. The first-order valence-electron chi connectivity index (χ1n) is 11.0. The van der Waals surface area contributed by atoms with Crippen LogP contribution in [0.15, 0.2) is 51.5 Å². The molecule has 1 fully saturated rings.